The van der Waals surface area contributed by atoms with Crippen LogP contribution in [0.25, 0.3) is 0 Å². The van der Waals surface area contributed by atoms with E-state index in [9.17, 15) is 4.79 Å². The molecule has 0 aromatic heterocycles. The van der Waals surface area contributed by atoms with E-state index in [0.29, 0.717) is 23.1 Å². The molecule has 0 amide bonds. The zero-order valence-electron chi connectivity index (χ0n) is 25.7. The molecule has 0 unspecified atom stereocenters. The first-order valence-corrected chi connectivity index (χ1v) is 15.0. The number of aliphatic hydroxyl groups is 6. The van der Waals surface area contributed by atoms with Crippen molar-refractivity contribution in [1.29, 1.82) is 0 Å². The number of guanidine groups is 4. The molecule has 0 fully saturated rings. The van der Waals surface area contributed by atoms with Crippen LogP contribution in [0.15, 0.2) is 68.5 Å². The summed E-state index contributed by atoms with van der Waals surface area (Å²) in [5, 5.41) is 67.7. The van der Waals surface area contributed by atoms with Crippen molar-refractivity contribution in [2.75, 3.05) is 30.3 Å². The number of nitrogens with one attached hydrogen (secondary N) is 2. The molecule has 2 aromatic carbocycles. The molecule has 18 nitrogen and oxygen atoms in total. The summed E-state index contributed by atoms with van der Waals surface area (Å²) in [5.74, 6) is -5.21. The Morgan fingerprint density at radius 1 is 0.729 bits per heavy atom. The van der Waals surface area contributed by atoms with Gasteiger partial charge in [-0.1, -0.05) is 36.0 Å². The summed E-state index contributed by atoms with van der Waals surface area (Å²) in [5.41, 5.74) is 24.8. The standard InChI is InChI=1S/C22H30Cl2N10.C6H12O8/c23-15-5-9-17(10-6-15)31-21(27)33-19(25)29-13-3-1-2-4-14-30-20(26)34-22(28)32-18-11-7-16(24)8-12-18;7-1-2(8)3(9)4(10)6(13,14)5(11)12/h5-12H,1-4,13-14H2,(H5,25,27,29,31,33)(H5,26,28,30,32,34);2-4,7-10,13-14H,1H2,(H,11,12)/t;2-,3-,4+/m.1/s1. The molecule has 0 saturated heterocycles. The number of anilines is 2. The maximum atomic E-state index is 10.2. The smallest absolute Gasteiger partial charge is 0.367 e. The molecular formula is C28H42Cl2N10O8. The van der Waals surface area contributed by atoms with Crippen molar-refractivity contribution < 1.29 is 40.5 Å². The fraction of sp³-hybridized carbons (Fsp3) is 0.393. The van der Waals surface area contributed by atoms with Crippen molar-refractivity contribution in [2.45, 2.75) is 49.8 Å². The van der Waals surface area contributed by atoms with Gasteiger partial charge in [0.15, 0.2) is 0 Å². The normalized spacial score (nSPS) is 14.8. The van der Waals surface area contributed by atoms with Crippen molar-refractivity contribution in [3.8, 4) is 0 Å². The number of nitrogens with zero attached hydrogens (tertiary/aromatic N) is 4. The molecule has 17 N–H and O–H groups in total. The van der Waals surface area contributed by atoms with Gasteiger partial charge in [-0.25, -0.2) is 4.79 Å². The van der Waals surface area contributed by atoms with Gasteiger partial charge in [-0.15, -0.1) is 0 Å². The Kier molecular flexibility index (Phi) is 18.8. The van der Waals surface area contributed by atoms with Crippen molar-refractivity contribution in [3.05, 3.63) is 58.6 Å². The van der Waals surface area contributed by atoms with Crippen LogP contribution in [0.4, 0.5) is 11.4 Å². The minimum atomic E-state index is -3.59. The quantitative estimate of drug-likeness (QED) is 0.0491. The molecular weight excluding hydrogens is 675 g/mol. The van der Waals surface area contributed by atoms with E-state index >= 15 is 0 Å². The highest BCUT2D eigenvalue weighted by Crippen LogP contribution is 2.15. The van der Waals surface area contributed by atoms with Gasteiger partial charge in [0.1, 0.15) is 18.3 Å². The van der Waals surface area contributed by atoms with Crippen LogP contribution < -0.4 is 33.6 Å². The zero-order chi connectivity index (χ0) is 36.3. The summed E-state index contributed by atoms with van der Waals surface area (Å²) in [7, 11) is 0. The summed E-state index contributed by atoms with van der Waals surface area (Å²) in [6.07, 6.45) is -2.92. The van der Waals surface area contributed by atoms with Gasteiger partial charge in [0.05, 0.1) is 6.61 Å². The number of aliphatic imine (C=N–C) groups is 4. The lowest BCUT2D eigenvalue weighted by atomic mass is 10.0. The summed E-state index contributed by atoms with van der Waals surface area (Å²) in [6, 6.07) is 14.1. The van der Waals surface area contributed by atoms with Crippen LogP contribution in [0, 0.1) is 0 Å². The van der Waals surface area contributed by atoms with Crippen LogP contribution in [-0.4, -0.2) is 109 Å². The summed E-state index contributed by atoms with van der Waals surface area (Å²) in [6.45, 7) is 0.159. The Balaban J connectivity index is 0.000000692. The molecule has 2 rings (SSSR count). The molecule has 0 aliphatic rings. The number of hydrogen-bond donors (Lipinski definition) is 13. The fourth-order valence-electron chi connectivity index (χ4n) is 3.38. The van der Waals surface area contributed by atoms with Gasteiger partial charge >= 0.3 is 5.97 Å². The largest absolute Gasteiger partial charge is 0.477 e. The number of rotatable bonds is 14. The van der Waals surface area contributed by atoms with Gasteiger partial charge < -0.3 is 69.3 Å². The van der Waals surface area contributed by atoms with E-state index in [1.165, 1.54) is 0 Å². The van der Waals surface area contributed by atoms with Crippen LogP contribution in [-0.2, 0) is 4.79 Å². The number of halogens is 2. The number of aliphatic hydroxyl groups excluding tert-OH is 4. The molecule has 266 valence electrons. The lowest BCUT2D eigenvalue weighted by molar-refractivity contribution is -0.259. The number of aliphatic carboxylic acids is 1. The van der Waals surface area contributed by atoms with Crippen LogP contribution in [0.3, 0.4) is 0 Å². The number of carboxylic acids is 1. The third-order valence-electron chi connectivity index (χ3n) is 5.95. The molecule has 0 radical (unpaired) electrons. The van der Waals surface area contributed by atoms with Gasteiger partial charge in [0, 0.05) is 34.5 Å². The highest BCUT2D eigenvalue weighted by Gasteiger charge is 2.47. The van der Waals surface area contributed by atoms with Crippen molar-refractivity contribution in [3.63, 3.8) is 0 Å². The first-order valence-electron chi connectivity index (χ1n) is 14.2. The number of hydrogen-bond acceptors (Lipinski definition) is 9. The summed E-state index contributed by atoms with van der Waals surface area (Å²) in [4.78, 5) is 26.6. The molecule has 20 heteroatoms. The topological polar surface area (TPSA) is 336 Å². The Morgan fingerprint density at radius 3 is 1.44 bits per heavy atom. The first-order chi connectivity index (χ1) is 22.6. The lowest BCUT2D eigenvalue weighted by Crippen LogP contribution is -2.58. The molecule has 0 aliphatic heterocycles. The summed E-state index contributed by atoms with van der Waals surface area (Å²) >= 11 is 11.7. The van der Waals surface area contributed by atoms with E-state index in [0.717, 1.165) is 37.1 Å². The fourth-order valence-corrected chi connectivity index (χ4v) is 3.64. The van der Waals surface area contributed by atoms with Gasteiger partial charge in [0.25, 0.3) is 5.79 Å². The second-order valence-electron chi connectivity index (χ2n) is 9.87. The Morgan fingerprint density at radius 2 is 1.10 bits per heavy atom. The average molecular weight is 718 g/mol. The van der Waals surface area contributed by atoms with E-state index in [4.69, 9.17) is 81.9 Å². The van der Waals surface area contributed by atoms with Gasteiger partial charge in [-0.3, -0.25) is 9.98 Å². The minimum Gasteiger partial charge on any atom is -0.477 e. The number of nitrogens with two attached hydrogens (primary N) is 4. The molecule has 48 heavy (non-hydrogen) atoms. The second kappa shape index (κ2) is 21.6. The van der Waals surface area contributed by atoms with E-state index in [1.54, 1.807) is 48.5 Å². The average Bonchev–Trinajstić information content (AvgIpc) is 3.03. The molecule has 0 aliphatic carbocycles. The van der Waals surface area contributed by atoms with E-state index in [1.807, 2.05) is 0 Å². The lowest BCUT2D eigenvalue weighted by Gasteiger charge is -2.28. The van der Waals surface area contributed by atoms with Crippen molar-refractivity contribution in [1.82, 2.24) is 0 Å². The minimum absolute atomic E-state index is 0.124. The predicted molar refractivity (Wildman–Crippen MR) is 185 cm³/mol. The molecule has 0 saturated carbocycles. The number of carboxylic acid groups (broad SMARTS) is 1. The van der Waals surface area contributed by atoms with Gasteiger partial charge in [0.2, 0.25) is 23.8 Å². The van der Waals surface area contributed by atoms with E-state index < -0.39 is 36.7 Å². The highest BCUT2D eigenvalue weighted by atomic mass is 35.5. The van der Waals surface area contributed by atoms with E-state index in [2.05, 4.69) is 30.6 Å². The van der Waals surface area contributed by atoms with Gasteiger partial charge in [-0.05, 0) is 61.4 Å². The zero-order valence-corrected chi connectivity index (χ0v) is 27.2. The number of carbonyl (C=O) groups is 1. The highest BCUT2D eigenvalue weighted by molar-refractivity contribution is 6.31. The molecule has 2 aromatic rings. The maximum Gasteiger partial charge on any atom is 0.367 e. The SMILES string of the molecule is NC(=NCCCCCCN=C(N)N=C(N)Nc1ccc(Cl)cc1)N=C(N)Nc1ccc(Cl)cc1.O=C(O)C(O)(O)[C@@H](O)[C@H](O)[C@H](O)CO. The van der Waals surface area contributed by atoms with Crippen molar-refractivity contribution >= 4 is 64.4 Å². The van der Waals surface area contributed by atoms with Crippen LogP contribution >= 0.6 is 23.2 Å². The summed E-state index contributed by atoms with van der Waals surface area (Å²) < 4.78 is 0. The second-order valence-corrected chi connectivity index (χ2v) is 10.7. The number of benzene rings is 2. The van der Waals surface area contributed by atoms with Crippen LogP contribution in [0.1, 0.15) is 25.7 Å². The van der Waals surface area contributed by atoms with Gasteiger partial charge in [-0.2, -0.15) is 9.98 Å². The third-order valence-corrected chi connectivity index (χ3v) is 6.45. The Bertz CT molecular complexity index is 1310. The van der Waals surface area contributed by atoms with Crippen molar-refractivity contribution in [2.24, 2.45) is 42.9 Å². The molecule has 3 atom stereocenters. The number of unbranched alkanes of at least 4 members (excludes halogenated alkanes) is 3. The molecule has 0 bridgehead atoms. The molecule has 0 spiro atoms. The van der Waals surface area contributed by atoms with Crippen LogP contribution in [0.2, 0.25) is 10.0 Å². The predicted octanol–water partition coefficient (Wildman–Crippen LogP) is -0.836. The maximum absolute atomic E-state index is 10.2. The Labute approximate surface area is 286 Å². The van der Waals surface area contributed by atoms with E-state index in [-0.39, 0.29) is 23.8 Å². The molecule has 0 heterocycles. The Hall–Kier alpha value is -4.27. The first kappa shape index (κ1) is 41.8. The monoisotopic (exact) mass is 716 g/mol. The van der Waals surface area contributed by atoms with Crippen LogP contribution in [0.5, 0.6) is 0 Å². The third kappa shape index (κ3) is 16.5.